The summed E-state index contributed by atoms with van der Waals surface area (Å²) in [6.07, 6.45) is 5.20. The molecule has 2 N–H and O–H groups in total. The maximum absolute atomic E-state index is 5.64. The summed E-state index contributed by atoms with van der Waals surface area (Å²) in [6.45, 7) is 11.8. The Balaban J connectivity index is 0.00000288. The second kappa shape index (κ2) is 11.4. The predicted octanol–water partition coefficient (Wildman–Crippen LogP) is 1.75. The van der Waals surface area contributed by atoms with Gasteiger partial charge >= 0.3 is 0 Å². The lowest BCUT2D eigenvalue weighted by Gasteiger charge is -2.16. The van der Waals surface area contributed by atoms with E-state index in [9.17, 15) is 0 Å². The number of aliphatic imine (C=N–C) groups is 1. The molecular formula is C16H29IN6O. The molecule has 0 amide bonds. The van der Waals surface area contributed by atoms with E-state index >= 15 is 0 Å². The molecule has 1 fully saturated rings. The molecule has 0 bridgehead atoms. The molecule has 1 aliphatic rings. The van der Waals surface area contributed by atoms with Gasteiger partial charge in [-0.2, -0.15) is 0 Å². The molecule has 0 aromatic carbocycles. The van der Waals surface area contributed by atoms with E-state index in [0.717, 1.165) is 62.9 Å². The molecule has 0 aliphatic carbocycles. The van der Waals surface area contributed by atoms with Crippen LogP contribution in [-0.4, -0.2) is 53.1 Å². The molecule has 2 heterocycles. The minimum absolute atomic E-state index is 0. The maximum Gasteiger partial charge on any atom is 0.191 e. The number of guanidine groups is 1. The highest BCUT2D eigenvalue weighted by Crippen LogP contribution is 2.10. The second-order valence-electron chi connectivity index (χ2n) is 5.86. The monoisotopic (exact) mass is 448 g/mol. The van der Waals surface area contributed by atoms with E-state index in [2.05, 4.69) is 43.9 Å². The van der Waals surface area contributed by atoms with Gasteiger partial charge in [-0.05, 0) is 19.8 Å². The molecule has 8 heteroatoms. The van der Waals surface area contributed by atoms with Gasteiger partial charge in [0.25, 0.3) is 0 Å². The Morgan fingerprint density at radius 3 is 3.00 bits per heavy atom. The minimum atomic E-state index is 0. The summed E-state index contributed by atoms with van der Waals surface area (Å²) in [5.74, 6) is 1.80. The number of hydrogen-bond donors (Lipinski definition) is 2. The van der Waals surface area contributed by atoms with Gasteiger partial charge in [0.15, 0.2) is 5.96 Å². The molecule has 1 saturated heterocycles. The van der Waals surface area contributed by atoms with Crippen LogP contribution in [0, 0.1) is 0 Å². The van der Waals surface area contributed by atoms with Crippen molar-refractivity contribution in [2.24, 2.45) is 4.99 Å². The summed E-state index contributed by atoms with van der Waals surface area (Å²) < 4.78 is 7.70. The Morgan fingerprint density at radius 2 is 2.33 bits per heavy atom. The van der Waals surface area contributed by atoms with Gasteiger partial charge in [0.1, 0.15) is 12.2 Å². The number of halogens is 1. The van der Waals surface area contributed by atoms with Gasteiger partial charge in [0.05, 0.1) is 12.6 Å². The van der Waals surface area contributed by atoms with Crippen molar-refractivity contribution >= 4 is 29.9 Å². The van der Waals surface area contributed by atoms with Crippen molar-refractivity contribution in [2.75, 3.05) is 26.2 Å². The van der Waals surface area contributed by atoms with Crippen molar-refractivity contribution in [3.05, 3.63) is 24.3 Å². The Kier molecular flexibility index (Phi) is 9.92. The van der Waals surface area contributed by atoms with Crippen molar-refractivity contribution in [3.8, 4) is 0 Å². The SMILES string of the molecule is C=C(C)CN=C(NCCn1cnnc1CC)NCC1CCCO1.I. The van der Waals surface area contributed by atoms with Crippen LogP contribution in [0.5, 0.6) is 0 Å². The molecule has 0 saturated carbocycles. The molecule has 1 aromatic rings. The summed E-state index contributed by atoms with van der Waals surface area (Å²) >= 11 is 0. The van der Waals surface area contributed by atoms with E-state index < -0.39 is 0 Å². The first-order chi connectivity index (χ1) is 11.2. The number of aromatic nitrogens is 3. The van der Waals surface area contributed by atoms with Gasteiger partial charge in [-0.15, -0.1) is 34.2 Å². The van der Waals surface area contributed by atoms with Gasteiger partial charge in [-0.25, -0.2) is 4.99 Å². The van der Waals surface area contributed by atoms with Crippen LogP contribution in [0.3, 0.4) is 0 Å². The van der Waals surface area contributed by atoms with E-state index in [0.29, 0.717) is 6.54 Å². The van der Waals surface area contributed by atoms with Crippen molar-refractivity contribution in [1.82, 2.24) is 25.4 Å². The fourth-order valence-electron chi connectivity index (χ4n) is 2.44. The molecule has 1 atom stereocenters. The highest BCUT2D eigenvalue weighted by Gasteiger charge is 2.15. The first-order valence-electron chi connectivity index (χ1n) is 8.34. The highest BCUT2D eigenvalue weighted by molar-refractivity contribution is 14.0. The highest BCUT2D eigenvalue weighted by atomic mass is 127. The Morgan fingerprint density at radius 1 is 1.50 bits per heavy atom. The van der Waals surface area contributed by atoms with Crippen LogP contribution in [0.25, 0.3) is 0 Å². The average Bonchev–Trinajstić information content (AvgIpc) is 3.20. The molecule has 0 spiro atoms. The zero-order valence-electron chi connectivity index (χ0n) is 14.6. The molecule has 2 rings (SSSR count). The summed E-state index contributed by atoms with van der Waals surface area (Å²) in [5, 5.41) is 14.8. The lowest BCUT2D eigenvalue weighted by molar-refractivity contribution is 0.114. The van der Waals surface area contributed by atoms with E-state index in [1.54, 1.807) is 6.33 Å². The van der Waals surface area contributed by atoms with E-state index in [4.69, 9.17) is 4.74 Å². The topological polar surface area (TPSA) is 76.4 Å². The van der Waals surface area contributed by atoms with Gasteiger partial charge in [0.2, 0.25) is 0 Å². The molecule has 24 heavy (non-hydrogen) atoms. The van der Waals surface area contributed by atoms with Crippen LogP contribution in [-0.2, 0) is 17.7 Å². The quantitative estimate of drug-likeness (QED) is 0.274. The summed E-state index contributed by atoms with van der Waals surface area (Å²) in [6, 6.07) is 0. The molecule has 1 unspecified atom stereocenters. The largest absolute Gasteiger partial charge is 0.376 e. The van der Waals surface area contributed by atoms with Crippen LogP contribution in [0.15, 0.2) is 23.5 Å². The average molecular weight is 448 g/mol. The summed E-state index contributed by atoms with van der Waals surface area (Å²) in [4.78, 5) is 4.54. The predicted molar refractivity (Wildman–Crippen MR) is 107 cm³/mol. The minimum Gasteiger partial charge on any atom is -0.376 e. The maximum atomic E-state index is 5.64. The molecule has 0 radical (unpaired) electrons. The summed E-state index contributed by atoms with van der Waals surface area (Å²) in [5.41, 5.74) is 1.04. The standard InChI is InChI=1S/C16H28N6O.HI/c1-4-15-21-20-12-22(15)8-7-17-16(18-10-13(2)3)19-11-14-6-5-9-23-14;/h12,14H,2,4-11H2,1,3H3,(H2,17,18,19);1H. The second-order valence-corrected chi connectivity index (χ2v) is 5.86. The number of nitrogens with zero attached hydrogens (tertiary/aromatic N) is 4. The third-order valence-electron chi connectivity index (χ3n) is 3.69. The molecule has 136 valence electrons. The molecule has 7 nitrogen and oxygen atoms in total. The molecular weight excluding hydrogens is 419 g/mol. The van der Waals surface area contributed by atoms with Crippen LogP contribution in [0.4, 0.5) is 0 Å². The lowest BCUT2D eigenvalue weighted by atomic mass is 10.2. The first-order valence-corrected chi connectivity index (χ1v) is 8.34. The van der Waals surface area contributed by atoms with Gasteiger partial charge < -0.3 is 19.9 Å². The van der Waals surface area contributed by atoms with Crippen LogP contribution in [0.1, 0.15) is 32.5 Å². The van der Waals surface area contributed by atoms with E-state index in [1.165, 1.54) is 0 Å². The lowest BCUT2D eigenvalue weighted by Crippen LogP contribution is -2.42. The third-order valence-corrected chi connectivity index (χ3v) is 3.69. The Hall–Kier alpha value is -1.16. The number of rotatable bonds is 8. The Bertz CT molecular complexity index is 524. The number of nitrogens with one attached hydrogen (secondary N) is 2. The Labute approximate surface area is 161 Å². The van der Waals surface area contributed by atoms with Crippen LogP contribution in [0.2, 0.25) is 0 Å². The fraction of sp³-hybridized carbons (Fsp3) is 0.688. The first kappa shape index (κ1) is 20.9. The van der Waals surface area contributed by atoms with Gasteiger partial charge in [0, 0.05) is 32.7 Å². The zero-order chi connectivity index (χ0) is 16.5. The number of aryl methyl sites for hydroxylation is 1. The van der Waals surface area contributed by atoms with E-state index in [1.807, 2.05) is 6.92 Å². The van der Waals surface area contributed by atoms with Crippen LogP contribution < -0.4 is 10.6 Å². The third kappa shape index (κ3) is 7.16. The molecule has 1 aliphatic heterocycles. The van der Waals surface area contributed by atoms with Gasteiger partial charge in [-0.3, -0.25) is 0 Å². The number of hydrogen-bond acceptors (Lipinski definition) is 4. The number of ether oxygens (including phenoxy) is 1. The van der Waals surface area contributed by atoms with Crippen molar-refractivity contribution < 1.29 is 4.74 Å². The van der Waals surface area contributed by atoms with Crippen molar-refractivity contribution in [3.63, 3.8) is 0 Å². The zero-order valence-corrected chi connectivity index (χ0v) is 17.0. The fourth-order valence-corrected chi connectivity index (χ4v) is 2.44. The smallest absolute Gasteiger partial charge is 0.191 e. The van der Waals surface area contributed by atoms with Crippen LogP contribution >= 0.6 is 24.0 Å². The summed E-state index contributed by atoms with van der Waals surface area (Å²) in [7, 11) is 0. The normalized spacial score (nSPS) is 17.4. The van der Waals surface area contributed by atoms with Crippen molar-refractivity contribution in [2.45, 2.75) is 45.8 Å². The van der Waals surface area contributed by atoms with Crippen molar-refractivity contribution in [1.29, 1.82) is 0 Å². The van der Waals surface area contributed by atoms with E-state index in [-0.39, 0.29) is 30.1 Å². The van der Waals surface area contributed by atoms with Gasteiger partial charge in [-0.1, -0.05) is 19.1 Å². The molecule has 1 aromatic heterocycles.